The van der Waals surface area contributed by atoms with Crippen LogP contribution in [-0.2, 0) is 65.4 Å². The van der Waals surface area contributed by atoms with E-state index in [4.69, 9.17) is 37.0 Å². The van der Waals surface area contributed by atoms with Gasteiger partial charge in [0.1, 0.15) is 19.3 Å². The Labute approximate surface area is 632 Å². The van der Waals surface area contributed by atoms with E-state index in [1.54, 1.807) is 0 Å². The summed E-state index contributed by atoms with van der Waals surface area (Å²) in [5.74, 6) is -0.525. The Hall–Kier alpha value is -1.94. The predicted octanol–water partition coefficient (Wildman–Crippen LogP) is 25.5. The van der Waals surface area contributed by atoms with Crippen molar-refractivity contribution in [2.24, 2.45) is 11.8 Å². The first kappa shape index (κ1) is 101. The third-order valence-electron chi connectivity index (χ3n) is 19.7. The van der Waals surface area contributed by atoms with Crippen LogP contribution < -0.4 is 0 Å². The lowest BCUT2D eigenvalue weighted by Crippen LogP contribution is -2.30. The zero-order chi connectivity index (χ0) is 75.6. The Kier molecular flexibility index (Phi) is 74.1. The maximum absolute atomic E-state index is 13.1. The van der Waals surface area contributed by atoms with Crippen LogP contribution in [-0.4, -0.2) is 96.7 Å². The standard InChI is InChI=1S/C84H164O17P2/c1-7-9-11-13-15-17-18-19-20-21-22-23-24-25-26-29-33-39-44-50-56-62-68-83(88)101-80(73-95-82(87)67-61-55-49-43-38-32-30-27-28-31-36-41-46-52-58-64-76(3)4)75-99-103(92,93)97-71-78(85)70-96-102(90,91)98-74-79(72-94-81(86)66-60-54-48-16-14-12-10-8-2)100-84(89)69-63-57-51-45-40-35-34-37-42-47-53-59-65-77(5)6/h76-80,85H,7-75H2,1-6H3,(H,90,91)(H,92,93)/t78-,79+,80+/m0/s1. The van der Waals surface area contributed by atoms with E-state index in [0.717, 1.165) is 108 Å². The van der Waals surface area contributed by atoms with Crippen molar-refractivity contribution in [3.63, 3.8) is 0 Å². The molecule has 0 aliphatic carbocycles. The van der Waals surface area contributed by atoms with Gasteiger partial charge in [-0.1, -0.05) is 395 Å². The summed E-state index contributed by atoms with van der Waals surface area (Å²) in [6.07, 6.45) is 66.8. The van der Waals surface area contributed by atoms with E-state index in [2.05, 4.69) is 41.5 Å². The van der Waals surface area contributed by atoms with Crippen LogP contribution >= 0.6 is 15.6 Å². The predicted molar refractivity (Wildman–Crippen MR) is 423 cm³/mol. The zero-order valence-electron chi connectivity index (χ0n) is 67.6. The second kappa shape index (κ2) is 75.5. The minimum atomic E-state index is -4.96. The molecule has 0 rings (SSSR count). The summed E-state index contributed by atoms with van der Waals surface area (Å²) in [6, 6.07) is 0. The molecule has 0 aliphatic rings. The second-order valence-electron chi connectivity index (χ2n) is 31.2. The second-order valence-corrected chi connectivity index (χ2v) is 34.1. The Morgan fingerprint density at radius 2 is 0.447 bits per heavy atom. The van der Waals surface area contributed by atoms with Crippen LogP contribution in [0.4, 0.5) is 0 Å². The highest BCUT2D eigenvalue weighted by molar-refractivity contribution is 7.47. The smallest absolute Gasteiger partial charge is 0.462 e. The highest BCUT2D eigenvalue weighted by Crippen LogP contribution is 2.45. The molecule has 0 bridgehead atoms. The summed E-state index contributed by atoms with van der Waals surface area (Å²) in [4.78, 5) is 73.0. The Balaban J connectivity index is 5.18. The minimum absolute atomic E-state index is 0.107. The largest absolute Gasteiger partial charge is 0.472 e. The van der Waals surface area contributed by atoms with Gasteiger partial charge in [0.15, 0.2) is 12.2 Å². The molecule has 0 spiro atoms. The third-order valence-corrected chi connectivity index (χ3v) is 21.6. The topological polar surface area (TPSA) is 237 Å². The monoisotopic (exact) mass is 1510 g/mol. The molecule has 2 unspecified atom stereocenters. The van der Waals surface area contributed by atoms with Crippen molar-refractivity contribution >= 4 is 39.5 Å². The lowest BCUT2D eigenvalue weighted by Gasteiger charge is -2.21. The highest BCUT2D eigenvalue weighted by atomic mass is 31.2. The molecular weight excluding hydrogens is 1340 g/mol. The molecule has 0 radical (unpaired) electrons. The van der Waals surface area contributed by atoms with Crippen molar-refractivity contribution in [1.29, 1.82) is 0 Å². The van der Waals surface area contributed by atoms with E-state index in [1.165, 1.54) is 257 Å². The number of phosphoric ester groups is 2. The highest BCUT2D eigenvalue weighted by Gasteiger charge is 2.30. The number of aliphatic hydroxyl groups excluding tert-OH is 1. The maximum Gasteiger partial charge on any atom is 0.472 e. The van der Waals surface area contributed by atoms with Gasteiger partial charge >= 0.3 is 39.5 Å². The van der Waals surface area contributed by atoms with Gasteiger partial charge in [-0.3, -0.25) is 37.3 Å². The number of unbranched alkanes of at least 4 members (excludes halogenated alkanes) is 53. The van der Waals surface area contributed by atoms with Gasteiger partial charge in [-0.05, 0) is 37.5 Å². The van der Waals surface area contributed by atoms with Gasteiger partial charge in [-0.2, -0.15) is 0 Å². The summed E-state index contributed by atoms with van der Waals surface area (Å²) in [7, 11) is -9.92. The van der Waals surface area contributed by atoms with E-state index in [1.807, 2.05) is 0 Å². The van der Waals surface area contributed by atoms with Crippen molar-refractivity contribution in [2.45, 2.75) is 464 Å². The number of carbonyl (C=O) groups is 4. The van der Waals surface area contributed by atoms with Gasteiger partial charge in [-0.15, -0.1) is 0 Å². The molecule has 0 fully saturated rings. The van der Waals surface area contributed by atoms with Crippen LogP contribution in [0.15, 0.2) is 0 Å². The fraction of sp³-hybridized carbons (Fsp3) is 0.952. The number of ether oxygens (including phenoxy) is 4. The molecule has 5 atom stereocenters. The number of hydrogen-bond acceptors (Lipinski definition) is 15. The summed E-state index contributed by atoms with van der Waals surface area (Å²) in [6.45, 7) is 9.66. The molecule has 0 aromatic carbocycles. The quantitative estimate of drug-likeness (QED) is 0.0222. The molecule has 3 N–H and O–H groups in total. The van der Waals surface area contributed by atoms with Crippen LogP contribution in [0.1, 0.15) is 446 Å². The molecule has 0 aromatic rings. The summed E-state index contributed by atoms with van der Waals surface area (Å²) < 4.78 is 68.7. The minimum Gasteiger partial charge on any atom is -0.462 e. The Morgan fingerprint density at radius 1 is 0.262 bits per heavy atom. The first-order valence-electron chi connectivity index (χ1n) is 43.5. The van der Waals surface area contributed by atoms with Crippen LogP contribution in [0, 0.1) is 11.8 Å². The van der Waals surface area contributed by atoms with Crippen molar-refractivity contribution in [3.8, 4) is 0 Å². The van der Waals surface area contributed by atoms with Gasteiger partial charge in [0.05, 0.1) is 26.4 Å². The van der Waals surface area contributed by atoms with E-state index >= 15 is 0 Å². The molecule has 19 heteroatoms. The maximum atomic E-state index is 13.1. The van der Waals surface area contributed by atoms with Crippen LogP contribution in [0.5, 0.6) is 0 Å². The fourth-order valence-corrected chi connectivity index (χ4v) is 14.6. The number of phosphoric acid groups is 2. The van der Waals surface area contributed by atoms with E-state index in [9.17, 15) is 43.2 Å². The van der Waals surface area contributed by atoms with Gasteiger partial charge in [0, 0.05) is 25.7 Å². The third kappa shape index (κ3) is 78.0. The molecular formula is C84H164O17P2. The van der Waals surface area contributed by atoms with Gasteiger partial charge in [-0.25, -0.2) is 9.13 Å². The van der Waals surface area contributed by atoms with Crippen molar-refractivity contribution in [1.82, 2.24) is 0 Å². The van der Waals surface area contributed by atoms with Crippen molar-refractivity contribution in [2.75, 3.05) is 39.6 Å². The number of hydrogen-bond donors (Lipinski definition) is 3. The SMILES string of the molecule is CCCCCCCCCCCCCCCCCCCCCCCCC(=O)O[C@H](COC(=O)CCCCCCCCCCCCCCCCCC(C)C)COP(=O)(O)OC[C@@H](O)COP(=O)(O)OC[C@@H](COC(=O)CCCCCCCCCC)OC(=O)CCCCCCCCCCCCCCC(C)C. The molecule has 0 amide bonds. The van der Waals surface area contributed by atoms with Crippen molar-refractivity contribution in [3.05, 3.63) is 0 Å². The lowest BCUT2D eigenvalue weighted by atomic mass is 10.0. The van der Waals surface area contributed by atoms with Crippen LogP contribution in [0.3, 0.4) is 0 Å². The van der Waals surface area contributed by atoms with Crippen molar-refractivity contribution < 1.29 is 80.2 Å². The fourth-order valence-electron chi connectivity index (χ4n) is 13.1. The molecule has 0 aromatic heterocycles. The molecule has 0 aliphatic heterocycles. The molecule has 612 valence electrons. The molecule has 0 saturated carbocycles. The molecule has 17 nitrogen and oxygen atoms in total. The van der Waals surface area contributed by atoms with E-state index < -0.39 is 97.5 Å². The Morgan fingerprint density at radius 3 is 0.660 bits per heavy atom. The molecule has 0 heterocycles. The van der Waals surface area contributed by atoms with Crippen LogP contribution in [0.25, 0.3) is 0 Å². The normalized spacial score (nSPS) is 13.9. The average molecular weight is 1510 g/mol. The molecule has 103 heavy (non-hydrogen) atoms. The summed E-state index contributed by atoms with van der Waals surface area (Å²) >= 11 is 0. The zero-order valence-corrected chi connectivity index (χ0v) is 69.4. The van der Waals surface area contributed by atoms with E-state index in [0.29, 0.717) is 25.7 Å². The number of rotatable bonds is 83. The van der Waals surface area contributed by atoms with E-state index in [-0.39, 0.29) is 25.7 Å². The number of esters is 4. The first-order valence-corrected chi connectivity index (χ1v) is 46.5. The number of aliphatic hydroxyl groups is 1. The van der Waals surface area contributed by atoms with Gasteiger partial charge in [0.25, 0.3) is 0 Å². The summed E-state index contributed by atoms with van der Waals surface area (Å²) in [5, 5.41) is 10.6. The van der Waals surface area contributed by atoms with Crippen LogP contribution in [0.2, 0.25) is 0 Å². The van der Waals surface area contributed by atoms with Gasteiger partial charge in [0.2, 0.25) is 0 Å². The van der Waals surface area contributed by atoms with Gasteiger partial charge < -0.3 is 33.8 Å². The average Bonchev–Trinajstić information content (AvgIpc) is 0.906. The lowest BCUT2D eigenvalue weighted by molar-refractivity contribution is -0.161. The summed E-state index contributed by atoms with van der Waals surface area (Å²) in [5.41, 5.74) is 0. The Bertz CT molecular complexity index is 1980. The molecule has 0 saturated heterocycles. The number of carbonyl (C=O) groups excluding carboxylic acids is 4. The first-order chi connectivity index (χ1) is 49.9.